The van der Waals surface area contributed by atoms with Crippen molar-refractivity contribution >= 4 is 0 Å². The van der Waals surface area contributed by atoms with Crippen LogP contribution in [-0.2, 0) is 5.41 Å². The molecule has 0 aliphatic rings. The molecule has 0 bridgehead atoms. The highest BCUT2D eigenvalue weighted by molar-refractivity contribution is 5.31. The Morgan fingerprint density at radius 2 is 1.94 bits per heavy atom. The summed E-state index contributed by atoms with van der Waals surface area (Å²) in [5.74, 6) is 0.807. The fraction of sp³-hybridized carbons (Fsp3) is 0.533. The van der Waals surface area contributed by atoms with Crippen molar-refractivity contribution in [3.63, 3.8) is 0 Å². The Kier molecular flexibility index (Phi) is 5.18. The van der Waals surface area contributed by atoms with Crippen molar-refractivity contribution in [3.8, 4) is 11.8 Å². The Morgan fingerprint density at radius 1 is 1.33 bits per heavy atom. The van der Waals surface area contributed by atoms with E-state index >= 15 is 0 Å². The largest absolute Gasteiger partial charge is 0.491 e. The van der Waals surface area contributed by atoms with Gasteiger partial charge < -0.3 is 10.1 Å². The minimum absolute atomic E-state index is 0.193. The van der Waals surface area contributed by atoms with Crippen molar-refractivity contribution in [1.82, 2.24) is 5.32 Å². The molecule has 0 radical (unpaired) electrons. The molecule has 98 valence electrons. The number of nitriles is 1. The van der Waals surface area contributed by atoms with Crippen molar-refractivity contribution in [1.29, 1.82) is 5.26 Å². The fourth-order valence-electron chi connectivity index (χ4n) is 1.57. The molecule has 1 aromatic carbocycles. The number of ether oxygens (including phenoxy) is 1. The van der Waals surface area contributed by atoms with Gasteiger partial charge >= 0.3 is 0 Å². The molecule has 1 atom stereocenters. The van der Waals surface area contributed by atoms with Crippen LogP contribution in [-0.4, -0.2) is 19.7 Å². The third-order valence-corrected chi connectivity index (χ3v) is 3.44. The zero-order valence-electron chi connectivity index (χ0n) is 11.7. The van der Waals surface area contributed by atoms with Crippen molar-refractivity contribution in [2.75, 3.05) is 13.7 Å². The van der Waals surface area contributed by atoms with Gasteiger partial charge in [-0.05, 0) is 36.6 Å². The molecule has 1 aromatic rings. The zero-order chi connectivity index (χ0) is 13.6. The molecule has 0 aromatic heterocycles. The molecule has 0 aliphatic heterocycles. The predicted octanol–water partition coefficient (Wildman–Crippen LogP) is 2.86. The van der Waals surface area contributed by atoms with Gasteiger partial charge in [0.1, 0.15) is 18.4 Å². The van der Waals surface area contributed by atoms with Crippen LogP contribution in [0.3, 0.4) is 0 Å². The first-order chi connectivity index (χ1) is 8.53. The van der Waals surface area contributed by atoms with E-state index in [1.54, 1.807) is 7.05 Å². The highest BCUT2D eigenvalue weighted by atomic mass is 16.5. The van der Waals surface area contributed by atoms with Gasteiger partial charge in [-0.15, -0.1) is 0 Å². The maximum atomic E-state index is 8.79. The third-order valence-electron chi connectivity index (χ3n) is 3.44. The van der Waals surface area contributed by atoms with Crippen molar-refractivity contribution < 1.29 is 4.74 Å². The van der Waals surface area contributed by atoms with E-state index < -0.39 is 0 Å². The van der Waals surface area contributed by atoms with E-state index in [1.165, 1.54) is 5.56 Å². The highest BCUT2D eigenvalue weighted by Crippen LogP contribution is 2.27. The van der Waals surface area contributed by atoms with Crippen LogP contribution in [0, 0.1) is 11.3 Å². The van der Waals surface area contributed by atoms with E-state index in [0.717, 1.165) is 12.2 Å². The number of rotatable bonds is 6. The first-order valence-electron chi connectivity index (χ1n) is 6.33. The topological polar surface area (TPSA) is 45.0 Å². The van der Waals surface area contributed by atoms with Crippen molar-refractivity contribution in [2.24, 2.45) is 0 Å². The Morgan fingerprint density at radius 3 is 2.39 bits per heavy atom. The molecule has 3 nitrogen and oxygen atoms in total. The van der Waals surface area contributed by atoms with Gasteiger partial charge in [0, 0.05) is 0 Å². The average Bonchev–Trinajstić information content (AvgIpc) is 2.40. The van der Waals surface area contributed by atoms with Crippen molar-refractivity contribution in [3.05, 3.63) is 29.8 Å². The van der Waals surface area contributed by atoms with Gasteiger partial charge in [-0.2, -0.15) is 5.26 Å². The molecule has 1 N–H and O–H groups in total. The lowest BCUT2D eigenvalue weighted by atomic mass is 9.82. The second-order valence-electron chi connectivity index (χ2n) is 5.04. The summed E-state index contributed by atoms with van der Waals surface area (Å²) in [5, 5.41) is 11.7. The predicted molar refractivity (Wildman–Crippen MR) is 73.7 cm³/mol. The number of nitrogens with zero attached hydrogens (tertiary/aromatic N) is 1. The molecule has 3 heteroatoms. The van der Waals surface area contributed by atoms with Gasteiger partial charge in [-0.1, -0.05) is 32.9 Å². The summed E-state index contributed by atoms with van der Waals surface area (Å²) in [6.45, 7) is 7.02. The highest BCUT2D eigenvalue weighted by Gasteiger charge is 2.17. The first kappa shape index (κ1) is 14.5. The van der Waals surface area contributed by atoms with Gasteiger partial charge in [-0.3, -0.25) is 0 Å². The SMILES string of the molecule is CCC(C)(C)c1ccc(OCC(C#N)NC)cc1. The Balaban J connectivity index is 2.64. The van der Waals surface area contributed by atoms with Crippen LogP contribution in [0.5, 0.6) is 5.75 Å². The van der Waals surface area contributed by atoms with E-state index in [-0.39, 0.29) is 11.5 Å². The first-order valence-corrected chi connectivity index (χ1v) is 6.33. The van der Waals surface area contributed by atoms with Crippen LogP contribution in [0.4, 0.5) is 0 Å². The summed E-state index contributed by atoms with van der Waals surface area (Å²) in [7, 11) is 1.75. The molecular formula is C15H22N2O. The molecule has 0 fully saturated rings. The fourth-order valence-corrected chi connectivity index (χ4v) is 1.57. The van der Waals surface area contributed by atoms with Crippen LogP contribution < -0.4 is 10.1 Å². The minimum atomic E-state index is -0.267. The molecule has 1 unspecified atom stereocenters. The third kappa shape index (κ3) is 3.75. The second kappa shape index (κ2) is 6.42. The van der Waals surface area contributed by atoms with Crippen LogP contribution in [0.2, 0.25) is 0 Å². The monoisotopic (exact) mass is 246 g/mol. The zero-order valence-corrected chi connectivity index (χ0v) is 11.7. The molecule has 0 saturated heterocycles. The summed E-state index contributed by atoms with van der Waals surface area (Å²) < 4.78 is 5.57. The molecule has 0 amide bonds. The molecule has 0 spiro atoms. The molecule has 18 heavy (non-hydrogen) atoms. The van der Waals surface area contributed by atoms with E-state index in [0.29, 0.717) is 6.61 Å². The Hall–Kier alpha value is -1.53. The minimum Gasteiger partial charge on any atom is -0.491 e. The van der Waals surface area contributed by atoms with Gasteiger partial charge in [-0.25, -0.2) is 0 Å². The maximum Gasteiger partial charge on any atom is 0.129 e. The van der Waals surface area contributed by atoms with Gasteiger partial charge in [0.2, 0.25) is 0 Å². The molecule has 0 heterocycles. The summed E-state index contributed by atoms with van der Waals surface area (Å²) in [4.78, 5) is 0. The summed E-state index contributed by atoms with van der Waals surface area (Å²) in [5.41, 5.74) is 1.50. The standard InChI is InChI=1S/C15H22N2O/c1-5-15(2,3)12-6-8-14(9-7-12)18-11-13(10-16)17-4/h6-9,13,17H,5,11H2,1-4H3. The van der Waals surface area contributed by atoms with Crippen molar-refractivity contribution in [2.45, 2.75) is 38.6 Å². The quantitative estimate of drug-likeness (QED) is 0.839. The summed E-state index contributed by atoms with van der Waals surface area (Å²) in [6.07, 6.45) is 1.10. The number of likely N-dealkylation sites (N-methyl/N-ethyl adjacent to an activating group) is 1. The van der Waals surface area contributed by atoms with Crippen LogP contribution in [0.25, 0.3) is 0 Å². The van der Waals surface area contributed by atoms with Crippen LogP contribution in [0.15, 0.2) is 24.3 Å². The normalized spacial score (nSPS) is 12.8. The number of hydrogen-bond acceptors (Lipinski definition) is 3. The van der Waals surface area contributed by atoms with Crippen LogP contribution >= 0.6 is 0 Å². The van der Waals surface area contributed by atoms with Gasteiger partial charge in [0.15, 0.2) is 0 Å². The van der Waals surface area contributed by atoms with E-state index in [2.05, 4.69) is 44.3 Å². The average molecular weight is 246 g/mol. The lowest BCUT2D eigenvalue weighted by Gasteiger charge is -2.23. The summed E-state index contributed by atoms with van der Waals surface area (Å²) in [6, 6.07) is 10.00. The smallest absolute Gasteiger partial charge is 0.129 e. The van der Waals surface area contributed by atoms with Gasteiger partial charge in [0.25, 0.3) is 0 Å². The lowest BCUT2D eigenvalue weighted by Crippen LogP contribution is -2.29. The lowest BCUT2D eigenvalue weighted by molar-refractivity contribution is 0.294. The van der Waals surface area contributed by atoms with Crippen LogP contribution in [0.1, 0.15) is 32.8 Å². The van der Waals surface area contributed by atoms with Gasteiger partial charge in [0.05, 0.1) is 6.07 Å². The second-order valence-corrected chi connectivity index (χ2v) is 5.04. The molecular weight excluding hydrogens is 224 g/mol. The Bertz CT molecular complexity index is 403. The number of benzene rings is 1. The van der Waals surface area contributed by atoms with E-state index in [4.69, 9.17) is 10.00 Å². The maximum absolute atomic E-state index is 8.79. The number of hydrogen-bond donors (Lipinski definition) is 1. The Labute approximate surface area is 110 Å². The molecule has 0 aliphatic carbocycles. The molecule has 1 rings (SSSR count). The van der Waals surface area contributed by atoms with E-state index in [9.17, 15) is 0 Å². The number of nitrogens with one attached hydrogen (secondary N) is 1. The van der Waals surface area contributed by atoms with E-state index in [1.807, 2.05) is 12.1 Å². The molecule has 0 saturated carbocycles. The summed E-state index contributed by atoms with van der Waals surface area (Å²) >= 11 is 0.